The normalized spacial score (nSPS) is 28.1. The lowest BCUT2D eigenvalue weighted by Crippen LogP contribution is -2.51. The van der Waals surface area contributed by atoms with Crippen molar-refractivity contribution in [2.24, 2.45) is 11.8 Å². The SMILES string of the molecule is C=C[C@@H]1C[C@H](C(=O)O)N[C@H]1[C@H](CC(C)C)NC(C)=O. The molecule has 0 aromatic carbocycles. The predicted octanol–water partition coefficient (Wildman–Crippen LogP) is 1.15. The molecule has 0 radical (unpaired) electrons. The first kappa shape index (κ1) is 15.7. The minimum atomic E-state index is -0.847. The molecule has 1 amide bonds. The van der Waals surface area contributed by atoms with Gasteiger partial charge in [-0.1, -0.05) is 19.9 Å². The van der Waals surface area contributed by atoms with E-state index >= 15 is 0 Å². The van der Waals surface area contributed by atoms with Crippen LogP contribution in [-0.2, 0) is 9.59 Å². The van der Waals surface area contributed by atoms with Crippen molar-refractivity contribution in [3.8, 4) is 0 Å². The van der Waals surface area contributed by atoms with Gasteiger partial charge in [0, 0.05) is 19.0 Å². The topological polar surface area (TPSA) is 78.4 Å². The average Bonchev–Trinajstić information content (AvgIpc) is 2.70. The molecule has 4 atom stereocenters. The fourth-order valence-corrected chi connectivity index (χ4v) is 2.74. The van der Waals surface area contributed by atoms with E-state index in [1.807, 2.05) is 0 Å². The van der Waals surface area contributed by atoms with E-state index in [-0.39, 0.29) is 23.9 Å². The number of amides is 1. The lowest BCUT2D eigenvalue weighted by molar-refractivity contribution is -0.139. The average molecular weight is 268 g/mol. The zero-order valence-corrected chi connectivity index (χ0v) is 11.8. The van der Waals surface area contributed by atoms with Crippen LogP contribution in [0.25, 0.3) is 0 Å². The third-order valence-electron chi connectivity index (χ3n) is 3.51. The zero-order valence-electron chi connectivity index (χ0n) is 11.8. The summed E-state index contributed by atoms with van der Waals surface area (Å²) in [5, 5.41) is 15.2. The van der Waals surface area contributed by atoms with Gasteiger partial charge in [0.05, 0.1) is 0 Å². The largest absolute Gasteiger partial charge is 0.480 e. The van der Waals surface area contributed by atoms with Crippen LogP contribution < -0.4 is 10.6 Å². The first-order valence-corrected chi connectivity index (χ1v) is 6.73. The van der Waals surface area contributed by atoms with Gasteiger partial charge >= 0.3 is 5.97 Å². The number of carboxylic acid groups (broad SMARTS) is 1. The van der Waals surface area contributed by atoms with Crippen LogP contribution in [0.1, 0.15) is 33.6 Å². The molecule has 0 unspecified atom stereocenters. The highest BCUT2D eigenvalue weighted by atomic mass is 16.4. The van der Waals surface area contributed by atoms with Crippen LogP contribution in [0, 0.1) is 11.8 Å². The number of carbonyl (C=O) groups is 2. The molecule has 0 aromatic rings. The molecular formula is C14H24N2O3. The quantitative estimate of drug-likeness (QED) is 0.632. The minimum Gasteiger partial charge on any atom is -0.480 e. The van der Waals surface area contributed by atoms with Crippen molar-refractivity contribution in [2.75, 3.05) is 0 Å². The summed E-state index contributed by atoms with van der Waals surface area (Å²) in [4.78, 5) is 22.4. The molecule has 1 rings (SSSR count). The highest BCUT2D eigenvalue weighted by Crippen LogP contribution is 2.26. The maximum Gasteiger partial charge on any atom is 0.320 e. The summed E-state index contributed by atoms with van der Waals surface area (Å²) < 4.78 is 0. The molecule has 0 spiro atoms. The minimum absolute atomic E-state index is 0.0649. The Morgan fingerprint density at radius 3 is 2.58 bits per heavy atom. The summed E-state index contributed by atoms with van der Waals surface area (Å²) >= 11 is 0. The van der Waals surface area contributed by atoms with Crippen molar-refractivity contribution in [1.82, 2.24) is 10.6 Å². The molecule has 1 fully saturated rings. The second-order valence-corrected chi connectivity index (χ2v) is 5.66. The van der Waals surface area contributed by atoms with E-state index in [0.29, 0.717) is 12.3 Å². The molecule has 5 heteroatoms. The molecule has 3 N–H and O–H groups in total. The summed E-state index contributed by atoms with van der Waals surface area (Å²) in [5.74, 6) is -0.445. The first-order chi connectivity index (χ1) is 8.85. The number of carbonyl (C=O) groups excluding carboxylic acids is 1. The van der Waals surface area contributed by atoms with Crippen molar-refractivity contribution in [3.05, 3.63) is 12.7 Å². The maximum absolute atomic E-state index is 11.3. The second-order valence-electron chi connectivity index (χ2n) is 5.66. The van der Waals surface area contributed by atoms with Crippen molar-refractivity contribution in [2.45, 2.75) is 51.7 Å². The van der Waals surface area contributed by atoms with Crippen LogP contribution in [0.5, 0.6) is 0 Å². The smallest absolute Gasteiger partial charge is 0.320 e. The molecular weight excluding hydrogens is 244 g/mol. The summed E-state index contributed by atoms with van der Waals surface area (Å²) in [6.45, 7) is 9.44. The van der Waals surface area contributed by atoms with E-state index in [9.17, 15) is 9.59 Å². The van der Waals surface area contributed by atoms with Crippen molar-refractivity contribution >= 4 is 11.9 Å². The number of hydrogen-bond acceptors (Lipinski definition) is 3. The lowest BCUT2D eigenvalue weighted by Gasteiger charge is -2.29. The molecule has 0 aliphatic carbocycles. The zero-order chi connectivity index (χ0) is 14.6. The van der Waals surface area contributed by atoms with Crippen molar-refractivity contribution < 1.29 is 14.7 Å². The Hall–Kier alpha value is -1.36. The van der Waals surface area contributed by atoms with Gasteiger partial charge in [-0.15, -0.1) is 6.58 Å². The van der Waals surface area contributed by atoms with E-state index < -0.39 is 12.0 Å². The van der Waals surface area contributed by atoms with Crippen LogP contribution in [0.2, 0.25) is 0 Å². The van der Waals surface area contributed by atoms with E-state index in [2.05, 4.69) is 31.1 Å². The fraction of sp³-hybridized carbons (Fsp3) is 0.714. The lowest BCUT2D eigenvalue weighted by atomic mass is 9.89. The molecule has 1 aliphatic heterocycles. The molecule has 0 bridgehead atoms. The molecule has 19 heavy (non-hydrogen) atoms. The van der Waals surface area contributed by atoms with E-state index in [1.54, 1.807) is 6.08 Å². The van der Waals surface area contributed by atoms with Gasteiger partial charge in [-0.05, 0) is 24.7 Å². The Labute approximate surface area is 114 Å². The highest BCUT2D eigenvalue weighted by molar-refractivity contribution is 5.75. The monoisotopic (exact) mass is 268 g/mol. The van der Waals surface area contributed by atoms with E-state index in [0.717, 1.165) is 6.42 Å². The van der Waals surface area contributed by atoms with Gasteiger partial charge in [0.2, 0.25) is 5.91 Å². The van der Waals surface area contributed by atoms with Gasteiger partial charge in [0.1, 0.15) is 6.04 Å². The number of hydrogen-bond donors (Lipinski definition) is 3. The van der Waals surface area contributed by atoms with Crippen LogP contribution in [-0.4, -0.2) is 35.1 Å². The second kappa shape index (κ2) is 6.70. The molecule has 1 aliphatic rings. The predicted molar refractivity (Wildman–Crippen MR) is 73.7 cm³/mol. The third kappa shape index (κ3) is 4.35. The van der Waals surface area contributed by atoms with Crippen molar-refractivity contribution in [1.29, 1.82) is 0 Å². The molecule has 0 saturated carbocycles. The van der Waals surface area contributed by atoms with Gasteiger partial charge < -0.3 is 10.4 Å². The molecule has 1 heterocycles. The highest BCUT2D eigenvalue weighted by Gasteiger charge is 2.40. The Balaban J connectivity index is 2.83. The molecule has 108 valence electrons. The van der Waals surface area contributed by atoms with Gasteiger partial charge in [0.25, 0.3) is 0 Å². The summed E-state index contributed by atoms with van der Waals surface area (Å²) in [7, 11) is 0. The number of nitrogens with one attached hydrogen (secondary N) is 2. The van der Waals surface area contributed by atoms with E-state index in [1.165, 1.54) is 6.92 Å². The fourth-order valence-electron chi connectivity index (χ4n) is 2.74. The van der Waals surface area contributed by atoms with Crippen molar-refractivity contribution in [3.63, 3.8) is 0 Å². The summed E-state index contributed by atoms with van der Waals surface area (Å²) in [6, 6.07) is -0.689. The Bertz CT molecular complexity index is 355. The van der Waals surface area contributed by atoms with Gasteiger partial charge in [0.15, 0.2) is 0 Å². The Morgan fingerprint density at radius 2 is 2.16 bits per heavy atom. The van der Waals surface area contributed by atoms with Gasteiger partial charge in [-0.3, -0.25) is 14.9 Å². The van der Waals surface area contributed by atoms with Crippen LogP contribution in [0.4, 0.5) is 0 Å². The maximum atomic E-state index is 11.3. The molecule has 5 nitrogen and oxygen atoms in total. The van der Waals surface area contributed by atoms with Crippen LogP contribution in [0.3, 0.4) is 0 Å². The van der Waals surface area contributed by atoms with E-state index in [4.69, 9.17) is 5.11 Å². The Kier molecular flexibility index (Phi) is 5.54. The summed E-state index contributed by atoms with van der Waals surface area (Å²) in [6.07, 6.45) is 3.13. The van der Waals surface area contributed by atoms with Gasteiger partial charge in [-0.25, -0.2) is 0 Å². The summed E-state index contributed by atoms with van der Waals surface area (Å²) in [5.41, 5.74) is 0. The Morgan fingerprint density at radius 1 is 1.53 bits per heavy atom. The standard InChI is InChI=1S/C14H24N2O3/c1-5-10-7-12(14(18)19)16-13(10)11(6-8(2)3)15-9(4)17/h5,8,10-13,16H,1,6-7H2,2-4H3,(H,15,17)(H,18,19)/t10-,11+,12-,13-/m1/s1. The van der Waals surface area contributed by atoms with Crippen LogP contribution >= 0.6 is 0 Å². The number of aliphatic carboxylic acids is 1. The number of rotatable bonds is 6. The first-order valence-electron chi connectivity index (χ1n) is 6.73. The molecule has 1 saturated heterocycles. The van der Waals surface area contributed by atoms with Gasteiger partial charge in [-0.2, -0.15) is 0 Å². The number of carboxylic acids is 1. The third-order valence-corrected chi connectivity index (χ3v) is 3.51. The van der Waals surface area contributed by atoms with Crippen LogP contribution in [0.15, 0.2) is 12.7 Å². The molecule has 0 aromatic heterocycles.